The van der Waals surface area contributed by atoms with Crippen molar-refractivity contribution in [3.05, 3.63) is 34.1 Å². The number of rotatable bonds is 2. The highest BCUT2D eigenvalue weighted by Crippen LogP contribution is 2.50. The van der Waals surface area contributed by atoms with E-state index in [0.29, 0.717) is 4.47 Å². The standard InChI is InChI=1S/C12H12BrF4NO/c13-6-1-3-9(14)8(5-6)11(18,12(15,16)17)7-2-4-10(7)19/h1,3,5,7,10,19H,2,4,18H2. The van der Waals surface area contributed by atoms with E-state index in [2.05, 4.69) is 15.9 Å². The molecule has 1 saturated carbocycles. The van der Waals surface area contributed by atoms with Gasteiger partial charge in [-0.05, 0) is 31.0 Å². The van der Waals surface area contributed by atoms with Crippen LogP contribution in [0.5, 0.6) is 0 Å². The van der Waals surface area contributed by atoms with Gasteiger partial charge in [-0.25, -0.2) is 4.39 Å². The molecule has 1 fully saturated rings. The Bertz CT molecular complexity index is 493. The molecule has 0 spiro atoms. The molecule has 3 unspecified atom stereocenters. The third-order valence-corrected chi connectivity index (χ3v) is 4.16. The van der Waals surface area contributed by atoms with Gasteiger partial charge in [0.2, 0.25) is 0 Å². The Balaban J connectivity index is 2.58. The summed E-state index contributed by atoms with van der Waals surface area (Å²) in [6, 6.07) is 3.25. The lowest BCUT2D eigenvalue weighted by Gasteiger charge is -2.47. The molecule has 1 aliphatic rings. The van der Waals surface area contributed by atoms with Gasteiger partial charge in [-0.2, -0.15) is 13.2 Å². The highest BCUT2D eigenvalue weighted by Gasteiger charge is 2.62. The lowest BCUT2D eigenvalue weighted by atomic mass is 9.65. The first kappa shape index (κ1) is 14.7. The largest absolute Gasteiger partial charge is 0.411 e. The van der Waals surface area contributed by atoms with Crippen molar-refractivity contribution in [1.82, 2.24) is 0 Å². The molecule has 106 valence electrons. The maximum Gasteiger partial charge on any atom is 0.411 e. The molecule has 0 bridgehead atoms. The fourth-order valence-electron chi connectivity index (χ4n) is 2.39. The summed E-state index contributed by atoms with van der Waals surface area (Å²) in [7, 11) is 0. The van der Waals surface area contributed by atoms with Crippen molar-refractivity contribution in [3.8, 4) is 0 Å². The molecular formula is C12H12BrF4NO. The Morgan fingerprint density at radius 3 is 2.32 bits per heavy atom. The summed E-state index contributed by atoms with van der Waals surface area (Å²) >= 11 is 3.01. The van der Waals surface area contributed by atoms with Crippen LogP contribution in [-0.2, 0) is 5.54 Å². The SMILES string of the molecule is NC(c1cc(Br)ccc1F)(C1CCC1O)C(F)(F)F. The first-order valence-corrected chi connectivity index (χ1v) is 6.46. The Hall–Kier alpha value is -0.660. The first-order valence-electron chi connectivity index (χ1n) is 5.67. The van der Waals surface area contributed by atoms with Crippen molar-refractivity contribution >= 4 is 15.9 Å². The fourth-order valence-corrected chi connectivity index (χ4v) is 2.75. The van der Waals surface area contributed by atoms with Gasteiger partial charge in [0.25, 0.3) is 0 Å². The maximum absolute atomic E-state index is 13.8. The predicted molar refractivity (Wildman–Crippen MR) is 64.8 cm³/mol. The average Bonchev–Trinajstić information content (AvgIpc) is 2.28. The number of aliphatic hydroxyl groups excluding tert-OH is 1. The van der Waals surface area contributed by atoms with Crippen LogP contribution in [0.2, 0.25) is 0 Å². The summed E-state index contributed by atoms with van der Waals surface area (Å²) in [4.78, 5) is 0. The summed E-state index contributed by atoms with van der Waals surface area (Å²) in [5.41, 5.74) is 2.00. The van der Waals surface area contributed by atoms with Gasteiger partial charge in [0.1, 0.15) is 11.4 Å². The molecule has 0 radical (unpaired) electrons. The third kappa shape index (κ3) is 2.28. The van der Waals surface area contributed by atoms with Crippen LogP contribution >= 0.6 is 15.9 Å². The van der Waals surface area contributed by atoms with Crippen LogP contribution in [0, 0.1) is 11.7 Å². The Kier molecular flexibility index (Phi) is 3.66. The second kappa shape index (κ2) is 4.71. The van der Waals surface area contributed by atoms with E-state index in [1.54, 1.807) is 0 Å². The molecule has 1 aromatic carbocycles. The topological polar surface area (TPSA) is 46.2 Å². The summed E-state index contributed by atoms with van der Waals surface area (Å²) in [5, 5.41) is 9.51. The van der Waals surface area contributed by atoms with Crippen LogP contribution in [0.4, 0.5) is 17.6 Å². The summed E-state index contributed by atoms with van der Waals surface area (Å²) in [6.07, 6.45) is -5.65. The molecule has 3 atom stereocenters. The number of hydrogen-bond acceptors (Lipinski definition) is 2. The van der Waals surface area contributed by atoms with E-state index in [4.69, 9.17) is 5.73 Å². The number of nitrogens with two attached hydrogens (primary N) is 1. The number of hydrogen-bond donors (Lipinski definition) is 2. The summed E-state index contributed by atoms with van der Waals surface area (Å²) in [5.74, 6) is -2.25. The Labute approximate surface area is 115 Å². The molecule has 1 aliphatic carbocycles. The smallest absolute Gasteiger partial charge is 0.393 e. The van der Waals surface area contributed by atoms with E-state index in [9.17, 15) is 22.7 Å². The van der Waals surface area contributed by atoms with Crippen molar-refractivity contribution in [2.45, 2.75) is 30.7 Å². The molecule has 1 aromatic rings. The zero-order valence-electron chi connectivity index (χ0n) is 9.72. The van der Waals surface area contributed by atoms with E-state index in [1.807, 2.05) is 0 Å². The lowest BCUT2D eigenvalue weighted by molar-refractivity contribution is -0.229. The molecule has 19 heavy (non-hydrogen) atoms. The van der Waals surface area contributed by atoms with Gasteiger partial charge >= 0.3 is 6.18 Å². The van der Waals surface area contributed by atoms with Gasteiger partial charge < -0.3 is 10.8 Å². The quantitative estimate of drug-likeness (QED) is 0.812. The van der Waals surface area contributed by atoms with Crippen molar-refractivity contribution in [1.29, 1.82) is 0 Å². The molecule has 3 N–H and O–H groups in total. The molecule has 7 heteroatoms. The number of halogens is 5. The molecule has 0 saturated heterocycles. The predicted octanol–water partition coefficient (Wildman–Crippen LogP) is 3.08. The summed E-state index contributed by atoms with van der Waals surface area (Å²) in [6.45, 7) is 0. The molecule has 0 aliphatic heterocycles. The van der Waals surface area contributed by atoms with Gasteiger partial charge in [-0.15, -0.1) is 0 Å². The van der Waals surface area contributed by atoms with E-state index in [1.165, 1.54) is 6.07 Å². The number of alkyl halides is 3. The second-order valence-corrected chi connectivity index (χ2v) is 5.66. The van der Waals surface area contributed by atoms with Crippen LogP contribution in [0.1, 0.15) is 18.4 Å². The van der Waals surface area contributed by atoms with Gasteiger partial charge in [-0.3, -0.25) is 0 Å². The van der Waals surface area contributed by atoms with Crippen molar-refractivity contribution in [2.24, 2.45) is 11.7 Å². The molecule has 2 nitrogen and oxygen atoms in total. The minimum atomic E-state index is -4.85. The van der Waals surface area contributed by atoms with Crippen LogP contribution in [0.25, 0.3) is 0 Å². The van der Waals surface area contributed by atoms with Crippen LogP contribution < -0.4 is 5.73 Å². The normalized spacial score (nSPS) is 26.7. The van der Waals surface area contributed by atoms with Crippen LogP contribution in [0.15, 0.2) is 22.7 Å². The molecule has 0 aromatic heterocycles. The highest BCUT2D eigenvalue weighted by atomic mass is 79.9. The Morgan fingerprint density at radius 1 is 1.26 bits per heavy atom. The van der Waals surface area contributed by atoms with Crippen molar-refractivity contribution < 1.29 is 22.7 Å². The molecular weight excluding hydrogens is 330 g/mol. The van der Waals surface area contributed by atoms with Gasteiger partial charge in [0.15, 0.2) is 0 Å². The van der Waals surface area contributed by atoms with Crippen molar-refractivity contribution in [3.63, 3.8) is 0 Å². The van der Waals surface area contributed by atoms with Crippen LogP contribution in [0.3, 0.4) is 0 Å². The second-order valence-electron chi connectivity index (χ2n) is 4.74. The first-order chi connectivity index (χ1) is 8.68. The van der Waals surface area contributed by atoms with Crippen molar-refractivity contribution in [2.75, 3.05) is 0 Å². The zero-order chi connectivity index (χ0) is 14.4. The lowest BCUT2D eigenvalue weighted by Crippen LogP contribution is -2.62. The van der Waals surface area contributed by atoms with E-state index in [0.717, 1.165) is 12.1 Å². The molecule has 0 amide bonds. The van der Waals surface area contributed by atoms with Crippen LogP contribution in [-0.4, -0.2) is 17.4 Å². The monoisotopic (exact) mass is 341 g/mol. The summed E-state index contributed by atoms with van der Waals surface area (Å²) < 4.78 is 54.0. The van der Waals surface area contributed by atoms with E-state index >= 15 is 0 Å². The maximum atomic E-state index is 13.8. The number of aliphatic hydroxyl groups is 1. The minimum Gasteiger partial charge on any atom is -0.393 e. The average molecular weight is 342 g/mol. The number of benzene rings is 1. The van der Waals surface area contributed by atoms with Gasteiger partial charge in [0.05, 0.1) is 6.10 Å². The van der Waals surface area contributed by atoms with E-state index in [-0.39, 0.29) is 12.8 Å². The Morgan fingerprint density at radius 2 is 1.89 bits per heavy atom. The third-order valence-electron chi connectivity index (χ3n) is 3.67. The highest BCUT2D eigenvalue weighted by molar-refractivity contribution is 9.10. The van der Waals surface area contributed by atoms with Gasteiger partial charge in [-0.1, -0.05) is 15.9 Å². The van der Waals surface area contributed by atoms with Gasteiger partial charge in [0, 0.05) is 16.0 Å². The molecule has 0 heterocycles. The minimum absolute atomic E-state index is 0.114. The van der Waals surface area contributed by atoms with E-state index < -0.39 is 35.1 Å². The zero-order valence-corrected chi connectivity index (χ0v) is 11.3. The molecule has 2 rings (SSSR count). The fraction of sp³-hybridized carbons (Fsp3) is 0.500.